The van der Waals surface area contributed by atoms with Crippen LogP contribution in [-0.2, 0) is 12.8 Å². The number of pyridine rings is 1. The van der Waals surface area contributed by atoms with Gasteiger partial charge in [0.25, 0.3) is 0 Å². The molecular weight excluding hydrogens is 208 g/mol. The Labute approximate surface area is 102 Å². The highest BCUT2D eigenvalue weighted by Crippen LogP contribution is 2.32. The minimum atomic E-state index is 0.633. The number of nitrogen functional groups attached to an aromatic ring is 1. The van der Waals surface area contributed by atoms with E-state index in [0.29, 0.717) is 11.7 Å². The molecule has 2 N–H and O–H groups in total. The summed E-state index contributed by atoms with van der Waals surface area (Å²) in [6.45, 7) is 0. The fraction of sp³-hybridized carbons (Fsp3) is 0.267. The first-order chi connectivity index (χ1) is 8.33. The van der Waals surface area contributed by atoms with E-state index < -0.39 is 0 Å². The molecule has 2 nitrogen and oxygen atoms in total. The van der Waals surface area contributed by atoms with Crippen molar-refractivity contribution in [2.75, 3.05) is 5.73 Å². The van der Waals surface area contributed by atoms with E-state index in [-0.39, 0.29) is 0 Å². The summed E-state index contributed by atoms with van der Waals surface area (Å²) < 4.78 is 0. The van der Waals surface area contributed by atoms with Crippen LogP contribution in [0.5, 0.6) is 0 Å². The van der Waals surface area contributed by atoms with Crippen molar-refractivity contribution in [3.8, 4) is 0 Å². The van der Waals surface area contributed by atoms with Crippen LogP contribution in [0.15, 0.2) is 42.6 Å². The normalized spacial score (nSPS) is 18.7. The van der Waals surface area contributed by atoms with Crippen molar-refractivity contribution < 1.29 is 0 Å². The van der Waals surface area contributed by atoms with Crippen molar-refractivity contribution in [3.05, 3.63) is 59.3 Å². The molecule has 0 radical (unpaired) electrons. The highest BCUT2D eigenvalue weighted by molar-refractivity contribution is 5.40. The molecule has 0 bridgehead atoms. The standard InChI is InChI=1S/C15H16N2/c16-15-9-13-7-6-12(8-14(13)10-17-15)11-4-2-1-3-5-11/h1-5,9-10,12H,6-8H2,(H2,16,17). The summed E-state index contributed by atoms with van der Waals surface area (Å²) in [6.07, 6.45) is 5.36. The van der Waals surface area contributed by atoms with Crippen LogP contribution in [0.2, 0.25) is 0 Å². The lowest BCUT2D eigenvalue weighted by Gasteiger charge is -2.24. The second-order valence-corrected chi connectivity index (χ2v) is 4.73. The van der Waals surface area contributed by atoms with Gasteiger partial charge in [0.1, 0.15) is 5.82 Å². The van der Waals surface area contributed by atoms with Gasteiger partial charge in [-0.15, -0.1) is 0 Å². The van der Waals surface area contributed by atoms with Crippen molar-refractivity contribution in [2.24, 2.45) is 0 Å². The first-order valence-electron chi connectivity index (χ1n) is 6.11. The zero-order valence-corrected chi connectivity index (χ0v) is 9.76. The smallest absolute Gasteiger partial charge is 0.123 e. The number of anilines is 1. The molecule has 1 atom stereocenters. The maximum Gasteiger partial charge on any atom is 0.123 e. The highest BCUT2D eigenvalue weighted by atomic mass is 14.8. The number of aryl methyl sites for hydroxylation is 1. The van der Waals surface area contributed by atoms with Gasteiger partial charge in [-0.2, -0.15) is 0 Å². The summed E-state index contributed by atoms with van der Waals surface area (Å²) in [7, 11) is 0. The van der Waals surface area contributed by atoms with Gasteiger partial charge in [0.05, 0.1) is 0 Å². The van der Waals surface area contributed by atoms with Gasteiger partial charge in [0.2, 0.25) is 0 Å². The summed E-state index contributed by atoms with van der Waals surface area (Å²) in [5.41, 5.74) is 9.90. The predicted molar refractivity (Wildman–Crippen MR) is 69.9 cm³/mol. The van der Waals surface area contributed by atoms with Crippen LogP contribution in [0.25, 0.3) is 0 Å². The Bertz CT molecular complexity index is 520. The van der Waals surface area contributed by atoms with Crippen molar-refractivity contribution in [3.63, 3.8) is 0 Å². The number of nitrogens with zero attached hydrogens (tertiary/aromatic N) is 1. The first-order valence-corrected chi connectivity index (χ1v) is 6.11. The monoisotopic (exact) mass is 224 g/mol. The predicted octanol–water partition coefficient (Wildman–Crippen LogP) is 2.94. The lowest BCUT2D eigenvalue weighted by molar-refractivity contribution is 0.583. The third-order valence-electron chi connectivity index (χ3n) is 3.60. The van der Waals surface area contributed by atoms with E-state index in [1.807, 2.05) is 12.3 Å². The third kappa shape index (κ3) is 2.03. The van der Waals surface area contributed by atoms with Gasteiger partial charge in [-0.1, -0.05) is 30.3 Å². The zero-order chi connectivity index (χ0) is 11.7. The summed E-state index contributed by atoms with van der Waals surface area (Å²) >= 11 is 0. The lowest BCUT2D eigenvalue weighted by atomic mass is 9.81. The Kier molecular flexibility index (Phi) is 2.56. The van der Waals surface area contributed by atoms with E-state index in [0.717, 1.165) is 12.8 Å². The van der Waals surface area contributed by atoms with Crippen LogP contribution in [0.1, 0.15) is 29.0 Å². The van der Waals surface area contributed by atoms with Crippen LogP contribution in [-0.4, -0.2) is 4.98 Å². The van der Waals surface area contributed by atoms with Crippen molar-refractivity contribution in [1.29, 1.82) is 0 Å². The summed E-state index contributed by atoms with van der Waals surface area (Å²) in [4.78, 5) is 4.20. The molecule has 3 rings (SSSR count). The van der Waals surface area contributed by atoms with Gasteiger partial charge in [-0.25, -0.2) is 4.98 Å². The second-order valence-electron chi connectivity index (χ2n) is 4.73. The molecule has 1 heterocycles. The van der Waals surface area contributed by atoms with Crippen molar-refractivity contribution in [2.45, 2.75) is 25.2 Å². The number of fused-ring (bicyclic) bond motifs is 1. The molecule has 0 amide bonds. The van der Waals surface area contributed by atoms with Crippen LogP contribution < -0.4 is 5.73 Å². The van der Waals surface area contributed by atoms with Crippen LogP contribution in [0.4, 0.5) is 5.82 Å². The SMILES string of the molecule is Nc1cc2c(cn1)CC(c1ccccc1)CC2. The molecule has 0 fully saturated rings. The van der Waals surface area contributed by atoms with E-state index in [1.54, 1.807) is 0 Å². The molecule has 2 heteroatoms. The number of nitrogens with two attached hydrogens (primary N) is 1. The second kappa shape index (κ2) is 4.21. The molecule has 2 aromatic rings. The van der Waals surface area contributed by atoms with E-state index in [1.165, 1.54) is 23.1 Å². The average Bonchev–Trinajstić information content (AvgIpc) is 2.39. The molecule has 1 aliphatic rings. The Morgan fingerprint density at radius 2 is 1.94 bits per heavy atom. The number of hydrogen-bond acceptors (Lipinski definition) is 2. The Balaban J connectivity index is 1.88. The number of aromatic nitrogens is 1. The quantitative estimate of drug-likeness (QED) is 0.808. The summed E-state index contributed by atoms with van der Waals surface area (Å²) in [5, 5.41) is 0. The molecule has 1 aromatic carbocycles. The van der Waals surface area contributed by atoms with Gasteiger partial charge in [0.15, 0.2) is 0 Å². The maximum absolute atomic E-state index is 5.72. The van der Waals surface area contributed by atoms with Crippen LogP contribution >= 0.6 is 0 Å². The number of benzene rings is 1. The molecular formula is C15H16N2. The Morgan fingerprint density at radius 3 is 2.76 bits per heavy atom. The fourth-order valence-electron chi connectivity index (χ4n) is 2.67. The van der Waals surface area contributed by atoms with Gasteiger partial charge >= 0.3 is 0 Å². The summed E-state index contributed by atoms with van der Waals surface area (Å²) in [5.74, 6) is 1.27. The molecule has 0 saturated carbocycles. The van der Waals surface area contributed by atoms with Gasteiger partial charge in [0, 0.05) is 6.20 Å². The fourth-order valence-corrected chi connectivity index (χ4v) is 2.67. The van der Waals surface area contributed by atoms with E-state index in [2.05, 4.69) is 35.3 Å². The molecule has 86 valence electrons. The van der Waals surface area contributed by atoms with Gasteiger partial charge in [-0.05, 0) is 47.9 Å². The van der Waals surface area contributed by atoms with Gasteiger partial charge < -0.3 is 5.73 Å². The molecule has 0 aliphatic heterocycles. The highest BCUT2D eigenvalue weighted by Gasteiger charge is 2.20. The molecule has 17 heavy (non-hydrogen) atoms. The minimum absolute atomic E-state index is 0.633. The Morgan fingerprint density at radius 1 is 1.12 bits per heavy atom. The van der Waals surface area contributed by atoms with Crippen LogP contribution in [0, 0.1) is 0 Å². The van der Waals surface area contributed by atoms with E-state index in [9.17, 15) is 0 Å². The topological polar surface area (TPSA) is 38.9 Å². The van der Waals surface area contributed by atoms with Crippen molar-refractivity contribution >= 4 is 5.82 Å². The van der Waals surface area contributed by atoms with E-state index in [4.69, 9.17) is 5.73 Å². The molecule has 1 aliphatic carbocycles. The number of hydrogen-bond donors (Lipinski definition) is 1. The van der Waals surface area contributed by atoms with Crippen LogP contribution in [0.3, 0.4) is 0 Å². The first kappa shape index (κ1) is 10.3. The summed E-state index contributed by atoms with van der Waals surface area (Å²) in [6, 6.07) is 12.8. The van der Waals surface area contributed by atoms with Crippen molar-refractivity contribution in [1.82, 2.24) is 4.98 Å². The third-order valence-corrected chi connectivity index (χ3v) is 3.60. The van der Waals surface area contributed by atoms with E-state index >= 15 is 0 Å². The molecule has 1 aromatic heterocycles. The number of rotatable bonds is 1. The average molecular weight is 224 g/mol. The zero-order valence-electron chi connectivity index (χ0n) is 9.76. The lowest BCUT2D eigenvalue weighted by Crippen LogP contribution is -2.13. The molecule has 1 unspecified atom stereocenters. The van der Waals surface area contributed by atoms with Gasteiger partial charge in [-0.3, -0.25) is 0 Å². The largest absolute Gasteiger partial charge is 0.384 e. The molecule has 0 spiro atoms. The Hall–Kier alpha value is -1.83. The maximum atomic E-state index is 5.72. The molecule has 0 saturated heterocycles. The minimum Gasteiger partial charge on any atom is -0.384 e.